The van der Waals surface area contributed by atoms with E-state index in [1.807, 2.05) is 17.5 Å². The van der Waals surface area contributed by atoms with Gasteiger partial charge in [0.2, 0.25) is 0 Å². The van der Waals surface area contributed by atoms with Crippen LogP contribution in [-0.4, -0.2) is 40.3 Å². The van der Waals surface area contributed by atoms with Crippen molar-refractivity contribution in [3.8, 4) is 0 Å². The number of carboxylic acid groups (broad SMARTS) is 2. The number of aliphatic carboxylic acids is 1. The minimum atomic E-state index is -1.05. The highest BCUT2D eigenvalue weighted by Crippen LogP contribution is 2.35. The van der Waals surface area contributed by atoms with E-state index in [1.54, 1.807) is 0 Å². The van der Waals surface area contributed by atoms with Gasteiger partial charge in [0.15, 0.2) is 0 Å². The number of carboxylic acids is 1. The summed E-state index contributed by atoms with van der Waals surface area (Å²) in [7, 11) is 0. The number of amides is 1. The summed E-state index contributed by atoms with van der Waals surface area (Å²) in [6, 6.07) is 3.71. The molecule has 2 heterocycles. The maximum absolute atomic E-state index is 11.1. The van der Waals surface area contributed by atoms with E-state index in [2.05, 4.69) is 0 Å². The Hall–Kier alpha value is -1.56. The molecule has 0 aromatic carbocycles. The monoisotopic (exact) mass is 241 g/mol. The summed E-state index contributed by atoms with van der Waals surface area (Å²) in [5, 5.41) is 19.8. The van der Waals surface area contributed by atoms with Gasteiger partial charge < -0.3 is 15.1 Å². The molecule has 5 nitrogen and oxygen atoms in total. The number of hydrogen-bond acceptors (Lipinski definition) is 3. The van der Waals surface area contributed by atoms with E-state index in [9.17, 15) is 9.59 Å². The summed E-state index contributed by atoms with van der Waals surface area (Å²) < 4.78 is 0. The van der Waals surface area contributed by atoms with E-state index < -0.39 is 18.0 Å². The van der Waals surface area contributed by atoms with E-state index in [1.165, 1.54) is 16.2 Å². The Labute approximate surface area is 95.9 Å². The molecule has 0 spiro atoms. The fourth-order valence-corrected chi connectivity index (χ4v) is 2.89. The predicted octanol–water partition coefficient (Wildman–Crippen LogP) is 1.53. The minimum Gasteiger partial charge on any atom is -0.481 e. The zero-order chi connectivity index (χ0) is 11.7. The highest BCUT2D eigenvalue weighted by molar-refractivity contribution is 7.10. The number of carbonyl (C=O) groups is 2. The van der Waals surface area contributed by atoms with Crippen LogP contribution >= 0.6 is 11.3 Å². The molecule has 86 valence electrons. The van der Waals surface area contributed by atoms with E-state index in [4.69, 9.17) is 10.2 Å². The molecule has 1 saturated heterocycles. The summed E-state index contributed by atoms with van der Waals surface area (Å²) in [5.41, 5.74) is 0. The van der Waals surface area contributed by atoms with Crippen LogP contribution in [0.25, 0.3) is 0 Å². The Kier molecular flexibility index (Phi) is 2.82. The predicted molar refractivity (Wildman–Crippen MR) is 57.8 cm³/mol. The number of thiophene rings is 1. The third kappa shape index (κ3) is 1.88. The summed E-state index contributed by atoms with van der Waals surface area (Å²) >= 11 is 1.47. The molecule has 16 heavy (non-hydrogen) atoms. The van der Waals surface area contributed by atoms with Crippen LogP contribution in [0.5, 0.6) is 0 Å². The lowest BCUT2D eigenvalue weighted by Crippen LogP contribution is -2.28. The van der Waals surface area contributed by atoms with Gasteiger partial charge in [-0.1, -0.05) is 6.07 Å². The van der Waals surface area contributed by atoms with Crippen molar-refractivity contribution in [2.24, 2.45) is 5.92 Å². The maximum Gasteiger partial charge on any atom is 0.407 e. The molecule has 2 unspecified atom stereocenters. The Morgan fingerprint density at radius 3 is 2.62 bits per heavy atom. The first-order valence-electron chi connectivity index (χ1n) is 4.83. The molecule has 0 bridgehead atoms. The van der Waals surface area contributed by atoms with Crippen molar-refractivity contribution in [1.29, 1.82) is 0 Å². The molecule has 1 aromatic rings. The molecule has 6 heteroatoms. The fraction of sp³-hybridized carbons (Fsp3) is 0.400. The van der Waals surface area contributed by atoms with Crippen molar-refractivity contribution in [2.45, 2.75) is 5.92 Å². The smallest absolute Gasteiger partial charge is 0.407 e. The maximum atomic E-state index is 11.1. The van der Waals surface area contributed by atoms with Crippen LogP contribution in [-0.2, 0) is 4.79 Å². The second-order valence-corrected chi connectivity index (χ2v) is 4.73. The van der Waals surface area contributed by atoms with Crippen LogP contribution in [0.4, 0.5) is 4.79 Å². The zero-order valence-electron chi connectivity index (χ0n) is 8.37. The summed E-state index contributed by atoms with van der Waals surface area (Å²) in [4.78, 5) is 24.0. The average Bonchev–Trinajstić information content (AvgIpc) is 2.86. The molecular formula is C10H11NO4S. The molecular weight excluding hydrogens is 230 g/mol. The molecule has 2 N–H and O–H groups in total. The van der Waals surface area contributed by atoms with Crippen molar-refractivity contribution in [2.75, 3.05) is 13.1 Å². The van der Waals surface area contributed by atoms with Gasteiger partial charge in [0.1, 0.15) is 0 Å². The van der Waals surface area contributed by atoms with Crippen molar-refractivity contribution in [1.82, 2.24) is 4.90 Å². The van der Waals surface area contributed by atoms with Crippen molar-refractivity contribution in [3.05, 3.63) is 22.4 Å². The first-order valence-corrected chi connectivity index (χ1v) is 5.71. The van der Waals surface area contributed by atoms with E-state index in [-0.39, 0.29) is 19.0 Å². The second kappa shape index (κ2) is 4.13. The molecule has 1 amide bonds. The van der Waals surface area contributed by atoms with Crippen LogP contribution < -0.4 is 0 Å². The SMILES string of the molecule is O=C(O)C1CN(C(=O)O)CC1c1cccs1. The summed E-state index contributed by atoms with van der Waals surface area (Å²) in [6.07, 6.45) is -1.05. The minimum absolute atomic E-state index is 0.0766. The van der Waals surface area contributed by atoms with Gasteiger partial charge in [-0.05, 0) is 11.4 Å². The van der Waals surface area contributed by atoms with Crippen LogP contribution in [0.3, 0.4) is 0 Å². The molecule has 0 aliphatic carbocycles. The second-order valence-electron chi connectivity index (χ2n) is 3.75. The quantitative estimate of drug-likeness (QED) is 0.823. The third-order valence-electron chi connectivity index (χ3n) is 2.82. The Morgan fingerprint density at radius 2 is 2.12 bits per heavy atom. The van der Waals surface area contributed by atoms with Crippen LogP contribution in [0.2, 0.25) is 0 Å². The summed E-state index contributed by atoms with van der Waals surface area (Å²) in [6.45, 7) is 0.347. The molecule has 0 radical (unpaired) electrons. The number of rotatable bonds is 2. The lowest BCUT2D eigenvalue weighted by molar-refractivity contribution is -0.141. The summed E-state index contributed by atoms with van der Waals surface area (Å²) in [5.74, 6) is -1.77. The van der Waals surface area contributed by atoms with Crippen molar-refractivity contribution < 1.29 is 19.8 Å². The normalized spacial score (nSPS) is 24.6. The molecule has 1 aliphatic heterocycles. The number of likely N-dealkylation sites (tertiary alicyclic amines) is 1. The van der Waals surface area contributed by atoms with E-state index >= 15 is 0 Å². The molecule has 0 saturated carbocycles. The molecule has 1 aromatic heterocycles. The van der Waals surface area contributed by atoms with Gasteiger partial charge in [0.25, 0.3) is 0 Å². The molecule has 2 rings (SSSR count). The van der Waals surface area contributed by atoms with Gasteiger partial charge in [-0.15, -0.1) is 11.3 Å². The average molecular weight is 241 g/mol. The van der Waals surface area contributed by atoms with Crippen molar-refractivity contribution in [3.63, 3.8) is 0 Å². The fourth-order valence-electron chi connectivity index (χ4n) is 2.00. The Morgan fingerprint density at radius 1 is 1.38 bits per heavy atom. The van der Waals surface area contributed by atoms with Crippen molar-refractivity contribution >= 4 is 23.4 Å². The number of hydrogen-bond donors (Lipinski definition) is 2. The van der Waals surface area contributed by atoms with Crippen LogP contribution in [0.1, 0.15) is 10.8 Å². The molecule has 2 atom stereocenters. The van der Waals surface area contributed by atoms with Gasteiger partial charge in [-0.3, -0.25) is 4.79 Å². The van der Waals surface area contributed by atoms with Gasteiger partial charge in [0, 0.05) is 23.9 Å². The first-order chi connectivity index (χ1) is 7.59. The van der Waals surface area contributed by atoms with Gasteiger partial charge >= 0.3 is 12.1 Å². The molecule has 1 aliphatic rings. The van der Waals surface area contributed by atoms with Crippen LogP contribution in [0.15, 0.2) is 17.5 Å². The highest BCUT2D eigenvalue weighted by Gasteiger charge is 2.40. The van der Waals surface area contributed by atoms with Gasteiger partial charge in [0.05, 0.1) is 5.92 Å². The Bertz CT molecular complexity index is 403. The highest BCUT2D eigenvalue weighted by atomic mass is 32.1. The van der Waals surface area contributed by atoms with Gasteiger partial charge in [-0.25, -0.2) is 4.79 Å². The standard InChI is InChI=1S/C10H11NO4S/c12-9(13)7-5-11(10(14)15)4-6(7)8-2-1-3-16-8/h1-3,6-7H,4-5H2,(H,12,13)(H,14,15). The lowest BCUT2D eigenvalue weighted by atomic mass is 9.95. The largest absolute Gasteiger partial charge is 0.481 e. The zero-order valence-corrected chi connectivity index (χ0v) is 9.18. The number of nitrogens with zero attached hydrogens (tertiary/aromatic N) is 1. The van der Waals surface area contributed by atoms with Gasteiger partial charge in [-0.2, -0.15) is 0 Å². The Balaban J connectivity index is 2.23. The van der Waals surface area contributed by atoms with E-state index in [0.717, 1.165) is 4.88 Å². The third-order valence-corrected chi connectivity index (χ3v) is 3.82. The first kappa shape index (κ1) is 10.9. The molecule has 1 fully saturated rings. The lowest BCUT2D eigenvalue weighted by Gasteiger charge is -2.11. The van der Waals surface area contributed by atoms with Crippen LogP contribution in [0, 0.1) is 5.92 Å². The topological polar surface area (TPSA) is 77.8 Å². The van der Waals surface area contributed by atoms with E-state index in [0.29, 0.717) is 0 Å².